The standard InChI is InChI=1S/C26H39NO3/c1-7-8-9-10-16(2)17(3)19-13-23(29)25-21-15-20(27-18(4)28)11-12-22(21)26(5,6)30-24(25)14-19/h11,13-14,16-17,21-22,29H,7-10,12,15H2,1-6H3,(H,27,28). The Balaban J connectivity index is 1.90. The minimum Gasteiger partial charge on any atom is -0.508 e. The number of carbonyl (C=O) groups excluding carboxylic acids is 1. The van der Waals surface area contributed by atoms with Gasteiger partial charge in [-0.3, -0.25) is 4.79 Å². The van der Waals surface area contributed by atoms with Gasteiger partial charge in [0.05, 0.1) is 0 Å². The van der Waals surface area contributed by atoms with Crippen molar-refractivity contribution in [3.8, 4) is 11.5 Å². The Bertz CT molecular complexity index is 811. The Morgan fingerprint density at radius 1 is 1.30 bits per heavy atom. The van der Waals surface area contributed by atoms with Crippen LogP contribution in [0.5, 0.6) is 11.5 Å². The smallest absolute Gasteiger partial charge is 0.220 e. The Morgan fingerprint density at radius 2 is 2.03 bits per heavy atom. The summed E-state index contributed by atoms with van der Waals surface area (Å²) in [7, 11) is 0. The molecule has 3 rings (SSSR count). The van der Waals surface area contributed by atoms with Crippen LogP contribution >= 0.6 is 0 Å². The number of phenols is 1. The van der Waals surface area contributed by atoms with E-state index < -0.39 is 0 Å². The van der Waals surface area contributed by atoms with Crippen molar-refractivity contribution in [1.29, 1.82) is 0 Å². The lowest BCUT2D eigenvalue weighted by atomic mass is 9.67. The molecule has 2 N–H and O–H groups in total. The van der Waals surface area contributed by atoms with Crippen LogP contribution < -0.4 is 10.1 Å². The van der Waals surface area contributed by atoms with Crippen LogP contribution in [0.25, 0.3) is 0 Å². The van der Waals surface area contributed by atoms with E-state index in [4.69, 9.17) is 4.74 Å². The summed E-state index contributed by atoms with van der Waals surface area (Å²) in [6.45, 7) is 12.6. The summed E-state index contributed by atoms with van der Waals surface area (Å²) < 4.78 is 6.48. The lowest BCUT2D eigenvalue weighted by Crippen LogP contribution is -2.46. The summed E-state index contributed by atoms with van der Waals surface area (Å²) in [5, 5.41) is 14.0. The molecule has 1 heterocycles. The number of amides is 1. The van der Waals surface area contributed by atoms with Crippen LogP contribution in [0.1, 0.15) is 103 Å². The van der Waals surface area contributed by atoms with E-state index in [9.17, 15) is 9.90 Å². The molecule has 0 spiro atoms. The van der Waals surface area contributed by atoms with Gasteiger partial charge in [0.25, 0.3) is 0 Å². The molecule has 30 heavy (non-hydrogen) atoms. The van der Waals surface area contributed by atoms with Gasteiger partial charge in [0.1, 0.15) is 17.1 Å². The van der Waals surface area contributed by atoms with Crippen molar-refractivity contribution in [2.45, 2.75) is 97.5 Å². The van der Waals surface area contributed by atoms with Gasteiger partial charge in [-0.15, -0.1) is 0 Å². The molecular weight excluding hydrogens is 374 g/mol. The average Bonchev–Trinajstić information content (AvgIpc) is 2.65. The normalized spacial score (nSPS) is 24.0. The maximum absolute atomic E-state index is 11.6. The van der Waals surface area contributed by atoms with E-state index in [1.165, 1.54) is 25.7 Å². The number of phenolic OH excluding ortho intramolecular Hbond substituents is 1. The summed E-state index contributed by atoms with van der Waals surface area (Å²) in [6.07, 6.45) is 8.64. The number of allylic oxidation sites excluding steroid dienone is 2. The molecule has 2 aliphatic rings. The fraction of sp³-hybridized carbons (Fsp3) is 0.654. The van der Waals surface area contributed by atoms with E-state index >= 15 is 0 Å². The first-order valence-electron chi connectivity index (χ1n) is 11.7. The van der Waals surface area contributed by atoms with E-state index in [0.717, 1.165) is 35.4 Å². The number of ether oxygens (including phenoxy) is 1. The molecule has 0 saturated carbocycles. The predicted octanol–water partition coefficient (Wildman–Crippen LogP) is 6.40. The topological polar surface area (TPSA) is 58.6 Å². The Labute approximate surface area is 182 Å². The maximum atomic E-state index is 11.6. The zero-order valence-electron chi connectivity index (χ0n) is 19.5. The van der Waals surface area contributed by atoms with Crippen molar-refractivity contribution in [3.63, 3.8) is 0 Å². The minimum absolute atomic E-state index is 0.0447. The molecular formula is C26H39NO3. The highest BCUT2D eigenvalue weighted by atomic mass is 16.5. The quantitative estimate of drug-likeness (QED) is 0.509. The molecule has 1 aliphatic heterocycles. The van der Waals surface area contributed by atoms with Crippen molar-refractivity contribution >= 4 is 5.91 Å². The highest BCUT2D eigenvalue weighted by Crippen LogP contribution is 2.54. The molecule has 0 radical (unpaired) electrons. The van der Waals surface area contributed by atoms with E-state index in [1.54, 1.807) is 6.92 Å². The number of fused-ring (bicyclic) bond motifs is 3. The van der Waals surface area contributed by atoms with Crippen molar-refractivity contribution in [3.05, 3.63) is 35.0 Å². The number of benzene rings is 1. The third kappa shape index (κ3) is 4.68. The van der Waals surface area contributed by atoms with E-state index in [0.29, 0.717) is 17.6 Å². The molecule has 1 amide bonds. The molecule has 0 bridgehead atoms. The summed E-state index contributed by atoms with van der Waals surface area (Å²) in [5.41, 5.74) is 2.69. The number of carbonyl (C=O) groups is 1. The molecule has 4 atom stereocenters. The third-order valence-corrected chi connectivity index (χ3v) is 7.30. The average molecular weight is 414 g/mol. The predicted molar refractivity (Wildman–Crippen MR) is 122 cm³/mol. The second kappa shape index (κ2) is 9.03. The van der Waals surface area contributed by atoms with Gasteiger partial charge in [-0.1, -0.05) is 52.5 Å². The number of rotatable bonds is 7. The van der Waals surface area contributed by atoms with E-state index in [1.807, 2.05) is 6.07 Å². The highest BCUT2D eigenvalue weighted by molar-refractivity contribution is 5.75. The summed E-state index contributed by atoms with van der Waals surface area (Å²) in [6, 6.07) is 4.11. The lowest BCUT2D eigenvalue weighted by molar-refractivity contribution is -0.118. The lowest BCUT2D eigenvalue weighted by Gasteiger charge is -2.47. The summed E-state index contributed by atoms with van der Waals surface area (Å²) in [4.78, 5) is 11.6. The summed E-state index contributed by atoms with van der Waals surface area (Å²) >= 11 is 0. The molecule has 0 saturated heterocycles. The highest BCUT2D eigenvalue weighted by Gasteiger charge is 2.46. The van der Waals surface area contributed by atoms with Gasteiger partial charge >= 0.3 is 0 Å². The van der Waals surface area contributed by atoms with Gasteiger partial charge < -0.3 is 15.2 Å². The van der Waals surface area contributed by atoms with Crippen LogP contribution in [0.4, 0.5) is 0 Å². The molecule has 0 aromatic heterocycles. The monoisotopic (exact) mass is 413 g/mol. The minimum atomic E-state index is -0.322. The fourth-order valence-electron chi connectivity index (χ4n) is 5.30. The second-order valence-corrected chi connectivity index (χ2v) is 9.98. The molecule has 1 aromatic rings. The van der Waals surface area contributed by atoms with Gasteiger partial charge in [-0.2, -0.15) is 0 Å². The molecule has 1 aromatic carbocycles. The molecule has 4 unspecified atom stereocenters. The molecule has 1 aliphatic carbocycles. The zero-order valence-corrected chi connectivity index (χ0v) is 19.5. The van der Waals surface area contributed by atoms with Crippen LogP contribution in [0.15, 0.2) is 23.9 Å². The van der Waals surface area contributed by atoms with Gasteiger partial charge in [-0.25, -0.2) is 0 Å². The van der Waals surface area contributed by atoms with Crippen molar-refractivity contribution in [2.75, 3.05) is 0 Å². The van der Waals surface area contributed by atoms with Crippen molar-refractivity contribution in [1.82, 2.24) is 5.32 Å². The largest absolute Gasteiger partial charge is 0.508 e. The third-order valence-electron chi connectivity index (χ3n) is 7.30. The number of nitrogens with one attached hydrogen (secondary N) is 1. The van der Waals surface area contributed by atoms with Crippen molar-refractivity contribution in [2.24, 2.45) is 11.8 Å². The Kier molecular flexibility index (Phi) is 6.84. The Morgan fingerprint density at radius 3 is 2.70 bits per heavy atom. The maximum Gasteiger partial charge on any atom is 0.220 e. The first kappa shape index (κ1) is 22.7. The number of aromatic hydroxyl groups is 1. The molecule has 4 heteroatoms. The molecule has 166 valence electrons. The fourth-order valence-corrected chi connectivity index (χ4v) is 5.30. The number of hydrogen-bond acceptors (Lipinski definition) is 3. The molecule has 0 fully saturated rings. The first-order chi connectivity index (χ1) is 14.1. The van der Waals surface area contributed by atoms with Crippen LogP contribution in [-0.2, 0) is 4.79 Å². The zero-order chi connectivity index (χ0) is 22.1. The SMILES string of the molecule is CCCCCC(C)C(C)c1cc(O)c2c(c1)OC(C)(C)C1CC=C(NC(C)=O)CC21. The second-order valence-electron chi connectivity index (χ2n) is 9.98. The van der Waals surface area contributed by atoms with Crippen LogP contribution in [0, 0.1) is 11.8 Å². The summed E-state index contributed by atoms with van der Waals surface area (Å²) in [5.74, 6) is 2.44. The van der Waals surface area contributed by atoms with Gasteiger partial charge in [0.15, 0.2) is 0 Å². The molecule has 4 nitrogen and oxygen atoms in total. The van der Waals surface area contributed by atoms with Crippen LogP contribution in [-0.4, -0.2) is 16.6 Å². The van der Waals surface area contributed by atoms with Gasteiger partial charge in [0, 0.05) is 30.0 Å². The van der Waals surface area contributed by atoms with Crippen LogP contribution in [0.3, 0.4) is 0 Å². The van der Waals surface area contributed by atoms with E-state index in [2.05, 4.69) is 52.1 Å². The number of hydrogen-bond donors (Lipinski definition) is 2. The van der Waals surface area contributed by atoms with Crippen LogP contribution in [0.2, 0.25) is 0 Å². The van der Waals surface area contributed by atoms with Gasteiger partial charge in [0.2, 0.25) is 5.91 Å². The Hall–Kier alpha value is -1.97. The van der Waals surface area contributed by atoms with Crippen molar-refractivity contribution < 1.29 is 14.6 Å². The number of unbranched alkanes of at least 4 members (excludes halogenated alkanes) is 2. The van der Waals surface area contributed by atoms with E-state index in [-0.39, 0.29) is 23.3 Å². The van der Waals surface area contributed by atoms with Gasteiger partial charge in [-0.05, 0) is 56.2 Å². The first-order valence-corrected chi connectivity index (χ1v) is 11.7.